The maximum atomic E-state index is 11.3. The second kappa shape index (κ2) is 6.91. The van der Waals surface area contributed by atoms with Gasteiger partial charge in [-0.3, -0.25) is 0 Å². The maximum absolute atomic E-state index is 11.3. The van der Waals surface area contributed by atoms with E-state index in [0.717, 1.165) is 6.42 Å². The van der Waals surface area contributed by atoms with Crippen LogP contribution in [0.25, 0.3) is 0 Å². The Kier molecular flexibility index (Phi) is 5.49. The second-order valence-electron chi connectivity index (χ2n) is 4.18. The number of hydrogen-bond donors (Lipinski definition) is 2. The molecule has 0 aliphatic carbocycles. The summed E-state index contributed by atoms with van der Waals surface area (Å²) < 4.78 is 5.10. The van der Waals surface area contributed by atoms with Gasteiger partial charge in [-0.2, -0.15) is 0 Å². The highest BCUT2D eigenvalue weighted by Gasteiger charge is 2.04. The number of ether oxygens (including phenoxy) is 1. The van der Waals surface area contributed by atoms with E-state index in [1.54, 1.807) is 12.1 Å². The normalized spacial score (nSPS) is 10.4. The molecule has 0 atom stereocenters. The molecular weight excluding hydrogens is 216 g/mol. The van der Waals surface area contributed by atoms with E-state index in [2.05, 4.69) is 19.2 Å². The van der Waals surface area contributed by atoms with Crippen LogP contribution in [0.2, 0.25) is 0 Å². The van der Waals surface area contributed by atoms with Gasteiger partial charge in [-0.1, -0.05) is 26.0 Å². The molecule has 0 saturated heterocycles. The van der Waals surface area contributed by atoms with E-state index in [-0.39, 0.29) is 0 Å². The fraction of sp³-hybridized carbons (Fsp3) is 0.462. The minimum atomic E-state index is -0.434. The third kappa shape index (κ3) is 4.87. The monoisotopic (exact) mass is 236 g/mol. The van der Waals surface area contributed by atoms with Gasteiger partial charge in [0.15, 0.2) is 0 Å². The maximum Gasteiger partial charge on any atom is 0.412 e. The molecule has 0 aliphatic heterocycles. The zero-order valence-electron chi connectivity index (χ0n) is 10.4. The zero-order chi connectivity index (χ0) is 12.7. The highest BCUT2D eigenvalue weighted by molar-refractivity contribution is 5.70. The number of benzene rings is 1. The fourth-order valence-electron chi connectivity index (χ4n) is 1.36. The van der Waals surface area contributed by atoms with Crippen LogP contribution in [0.3, 0.4) is 0 Å². The first-order valence-electron chi connectivity index (χ1n) is 5.89. The quantitative estimate of drug-likeness (QED) is 0.771. The smallest absolute Gasteiger partial charge is 0.410 e. The van der Waals surface area contributed by atoms with Crippen LogP contribution in [0.4, 0.5) is 4.79 Å². The lowest BCUT2D eigenvalue weighted by atomic mass is 10.0. The van der Waals surface area contributed by atoms with Gasteiger partial charge < -0.3 is 15.8 Å². The van der Waals surface area contributed by atoms with Crippen molar-refractivity contribution in [2.45, 2.75) is 26.2 Å². The first kappa shape index (κ1) is 13.5. The van der Waals surface area contributed by atoms with Crippen molar-refractivity contribution in [3.63, 3.8) is 0 Å². The fourth-order valence-corrected chi connectivity index (χ4v) is 1.36. The Morgan fingerprint density at radius 2 is 2.00 bits per heavy atom. The summed E-state index contributed by atoms with van der Waals surface area (Å²) in [5.74, 6) is 1.03. The summed E-state index contributed by atoms with van der Waals surface area (Å²) in [5.41, 5.74) is 6.54. The molecule has 0 saturated carbocycles. The van der Waals surface area contributed by atoms with Gasteiger partial charge in [0.05, 0.1) is 0 Å². The van der Waals surface area contributed by atoms with Crippen molar-refractivity contribution in [2.75, 3.05) is 13.1 Å². The van der Waals surface area contributed by atoms with Crippen LogP contribution in [0.1, 0.15) is 31.7 Å². The Labute approximate surface area is 102 Å². The number of nitrogens with two attached hydrogens (primary N) is 1. The van der Waals surface area contributed by atoms with Crippen molar-refractivity contribution in [1.82, 2.24) is 5.32 Å². The Morgan fingerprint density at radius 3 is 2.53 bits per heavy atom. The van der Waals surface area contributed by atoms with Crippen molar-refractivity contribution in [1.29, 1.82) is 0 Å². The van der Waals surface area contributed by atoms with Crippen molar-refractivity contribution in [2.24, 2.45) is 5.73 Å². The predicted octanol–water partition coefficient (Wildman–Crippen LogP) is 2.25. The molecule has 0 aliphatic rings. The zero-order valence-corrected chi connectivity index (χ0v) is 10.4. The number of amides is 1. The Bertz CT molecular complexity index is 347. The number of nitrogens with one attached hydrogen (secondary N) is 1. The van der Waals surface area contributed by atoms with Crippen LogP contribution in [-0.4, -0.2) is 19.2 Å². The largest absolute Gasteiger partial charge is 0.412 e. The summed E-state index contributed by atoms with van der Waals surface area (Å²) in [5, 5.41) is 2.63. The Hall–Kier alpha value is -1.55. The van der Waals surface area contributed by atoms with Gasteiger partial charge in [0, 0.05) is 6.54 Å². The van der Waals surface area contributed by atoms with Gasteiger partial charge in [-0.05, 0) is 36.6 Å². The lowest BCUT2D eigenvalue weighted by Gasteiger charge is -2.08. The first-order chi connectivity index (χ1) is 8.13. The minimum absolute atomic E-state index is 0.434. The highest BCUT2D eigenvalue weighted by Crippen LogP contribution is 2.18. The molecular formula is C13H20N2O2. The molecule has 17 heavy (non-hydrogen) atoms. The van der Waals surface area contributed by atoms with E-state index in [4.69, 9.17) is 10.5 Å². The number of rotatable bonds is 5. The van der Waals surface area contributed by atoms with Gasteiger partial charge in [0.1, 0.15) is 5.75 Å². The third-order valence-corrected chi connectivity index (χ3v) is 2.41. The van der Waals surface area contributed by atoms with Crippen LogP contribution < -0.4 is 15.8 Å². The lowest BCUT2D eigenvalue weighted by Crippen LogP contribution is -2.28. The van der Waals surface area contributed by atoms with Crippen LogP contribution >= 0.6 is 0 Å². The predicted molar refractivity (Wildman–Crippen MR) is 68.2 cm³/mol. The standard InChI is InChI=1S/C13H20N2O2/c1-10(2)11-4-6-12(7-5-11)17-13(16)15-9-3-8-14/h4-7,10H,3,8-9,14H2,1-2H3,(H,15,16). The molecule has 0 unspecified atom stereocenters. The molecule has 3 N–H and O–H groups in total. The average Bonchev–Trinajstić information content (AvgIpc) is 2.30. The molecule has 1 rings (SSSR count). The third-order valence-electron chi connectivity index (χ3n) is 2.41. The van der Waals surface area contributed by atoms with Crippen LogP contribution in [0.15, 0.2) is 24.3 Å². The van der Waals surface area contributed by atoms with Gasteiger partial charge >= 0.3 is 6.09 Å². The van der Waals surface area contributed by atoms with Gasteiger partial charge in [-0.15, -0.1) is 0 Å². The summed E-state index contributed by atoms with van der Waals surface area (Å²) in [6, 6.07) is 7.54. The Balaban J connectivity index is 2.43. The van der Waals surface area contributed by atoms with Crippen LogP contribution in [0.5, 0.6) is 5.75 Å². The molecule has 0 heterocycles. The van der Waals surface area contributed by atoms with E-state index in [1.165, 1.54) is 5.56 Å². The topological polar surface area (TPSA) is 64.3 Å². The molecule has 0 fully saturated rings. The summed E-state index contributed by atoms with van der Waals surface area (Å²) in [4.78, 5) is 11.3. The van der Waals surface area contributed by atoms with Gasteiger partial charge in [-0.25, -0.2) is 4.79 Å². The second-order valence-corrected chi connectivity index (χ2v) is 4.18. The van der Waals surface area contributed by atoms with E-state index in [0.29, 0.717) is 24.8 Å². The van der Waals surface area contributed by atoms with E-state index < -0.39 is 6.09 Å². The summed E-state index contributed by atoms with van der Waals surface area (Å²) in [7, 11) is 0. The molecule has 4 nitrogen and oxygen atoms in total. The van der Waals surface area contributed by atoms with Crippen molar-refractivity contribution in [3.8, 4) is 5.75 Å². The van der Waals surface area contributed by atoms with Gasteiger partial charge in [0.25, 0.3) is 0 Å². The van der Waals surface area contributed by atoms with E-state index in [1.807, 2.05) is 12.1 Å². The molecule has 1 aromatic rings. The average molecular weight is 236 g/mol. The number of carbonyl (C=O) groups excluding carboxylic acids is 1. The van der Waals surface area contributed by atoms with Gasteiger partial charge in [0.2, 0.25) is 0 Å². The lowest BCUT2D eigenvalue weighted by molar-refractivity contribution is 0.200. The number of carbonyl (C=O) groups is 1. The molecule has 0 aromatic heterocycles. The minimum Gasteiger partial charge on any atom is -0.410 e. The molecule has 94 valence electrons. The molecule has 4 heteroatoms. The molecule has 0 radical (unpaired) electrons. The molecule has 1 amide bonds. The summed E-state index contributed by atoms with van der Waals surface area (Å²) in [6.07, 6.45) is 0.317. The molecule has 0 bridgehead atoms. The van der Waals surface area contributed by atoms with Crippen molar-refractivity contribution < 1.29 is 9.53 Å². The Morgan fingerprint density at radius 1 is 1.35 bits per heavy atom. The number of hydrogen-bond acceptors (Lipinski definition) is 3. The SMILES string of the molecule is CC(C)c1ccc(OC(=O)NCCCN)cc1. The highest BCUT2D eigenvalue weighted by atomic mass is 16.5. The van der Waals surface area contributed by atoms with E-state index in [9.17, 15) is 4.79 Å². The van der Waals surface area contributed by atoms with Crippen LogP contribution in [-0.2, 0) is 0 Å². The van der Waals surface area contributed by atoms with E-state index >= 15 is 0 Å². The first-order valence-corrected chi connectivity index (χ1v) is 5.89. The molecule has 0 spiro atoms. The van der Waals surface area contributed by atoms with Crippen LogP contribution in [0, 0.1) is 0 Å². The van der Waals surface area contributed by atoms with Crippen molar-refractivity contribution in [3.05, 3.63) is 29.8 Å². The van der Waals surface area contributed by atoms with Crippen molar-refractivity contribution >= 4 is 6.09 Å². The summed E-state index contributed by atoms with van der Waals surface area (Å²) >= 11 is 0. The molecule has 1 aromatic carbocycles. The summed E-state index contributed by atoms with van der Waals surface area (Å²) in [6.45, 7) is 5.34.